The summed E-state index contributed by atoms with van der Waals surface area (Å²) in [6.07, 6.45) is 0.787. The molecule has 1 aromatic heterocycles. The molecule has 1 saturated heterocycles. The Hall–Kier alpha value is -1.50. The average Bonchev–Trinajstić information content (AvgIpc) is 3.02. The Bertz CT molecular complexity index is 604. The number of piperazine rings is 1. The van der Waals surface area contributed by atoms with Crippen molar-refractivity contribution in [3.8, 4) is 0 Å². The molecular formula is C17H24N4OS. The van der Waals surface area contributed by atoms with Gasteiger partial charge >= 0.3 is 0 Å². The molecule has 1 aromatic carbocycles. The summed E-state index contributed by atoms with van der Waals surface area (Å²) in [6.45, 7) is 7.10. The third kappa shape index (κ3) is 4.28. The summed E-state index contributed by atoms with van der Waals surface area (Å²) in [4.78, 5) is 9.57. The molecule has 1 aliphatic rings. The van der Waals surface area contributed by atoms with Crippen LogP contribution in [0.5, 0.6) is 0 Å². The molecule has 23 heavy (non-hydrogen) atoms. The highest BCUT2D eigenvalue weighted by atomic mass is 32.1. The maximum atomic E-state index is 5.10. The van der Waals surface area contributed by atoms with Crippen LogP contribution < -0.4 is 4.90 Å². The fourth-order valence-electron chi connectivity index (χ4n) is 2.96. The van der Waals surface area contributed by atoms with Crippen molar-refractivity contribution >= 4 is 16.7 Å². The first-order valence-electron chi connectivity index (χ1n) is 8.10. The number of hydrogen-bond acceptors (Lipinski definition) is 6. The van der Waals surface area contributed by atoms with Crippen molar-refractivity contribution < 1.29 is 4.74 Å². The van der Waals surface area contributed by atoms with Crippen molar-refractivity contribution in [2.24, 2.45) is 0 Å². The Morgan fingerprint density at radius 1 is 1.26 bits per heavy atom. The predicted octanol–water partition coefficient (Wildman–Crippen LogP) is 2.44. The number of aromatic nitrogens is 2. The Kier molecular flexibility index (Phi) is 5.59. The lowest BCUT2D eigenvalue weighted by Gasteiger charge is -2.39. The van der Waals surface area contributed by atoms with Crippen LogP contribution in [-0.4, -0.2) is 53.7 Å². The lowest BCUT2D eigenvalue weighted by molar-refractivity contribution is 0.200. The van der Waals surface area contributed by atoms with E-state index in [1.54, 1.807) is 7.11 Å². The second-order valence-corrected chi connectivity index (χ2v) is 6.73. The molecule has 5 nitrogen and oxygen atoms in total. The normalized spacial score (nSPS) is 19.2. The molecule has 1 aliphatic heterocycles. The molecule has 0 bridgehead atoms. The molecule has 0 N–H and O–H groups in total. The zero-order valence-corrected chi connectivity index (χ0v) is 14.6. The number of rotatable bonds is 6. The number of methoxy groups -OCH3 is 1. The molecule has 0 aliphatic carbocycles. The van der Waals surface area contributed by atoms with E-state index in [4.69, 9.17) is 4.74 Å². The van der Waals surface area contributed by atoms with Gasteiger partial charge in [-0.15, -0.1) is 0 Å². The van der Waals surface area contributed by atoms with Crippen LogP contribution in [0.1, 0.15) is 18.3 Å². The number of anilines is 1. The summed E-state index contributed by atoms with van der Waals surface area (Å²) in [7, 11) is 1.71. The van der Waals surface area contributed by atoms with Crippen LogP contribution in [0.2, 0.25) is 0 Å². The number of ether oxygens (including phenoxy) is 1. The minimum atomic E-state index is 0.454. The summed E-state index contributed by atoms with van der Waals surface area (Å²) < 4.78 is 9.54. The van der Waals surface area contributed by atoms with Gasteiger partial charge in [-0.3, -0.25) is 4.90 Å². The van der Waals surface area contributed by atoms with Crippen molar-refractivity contribution in [2.75, 3.05) is 38.3 Å². The SMILES string of the molecule is COCCc1nsc(N2CCN(Cc3ccccc3)C[C@H]2C)n1. The van der Waals surface area contributed by atoms with E-state index in [1.165, 1.54) is 17.1 Å². The number of hydrogen-bond donors (Lipinski definition) is 0. The van der Waals surface area contributed by atoms with Crippen LogP contribution in [0.15, 0.2) is 30.3 Å². The second kappa shape index (κ2) is 7.86. The average molecular weight is 332 g/mol. The number of nitrogens with zero attached hydrogens (tertiary/aromatic N) is 4. The Morgan fingerprint density at radius 2 is 2.09 bits per heavy atom. The van der Waals surface area contributed by atoms with E-state index >= 15 is 0 Å². The zero-order chi connectivity index (χ0) is 16.1. The number of benzene rings is 1. The molecule has 0 spiro atoms. The van der Waals surface area contributed by atoms with E-state index in [0.717, 1.165) is 43.6 Å². The van der Waals surface area contributed by atoms with Gasteiger partial charge in [0.2, 0.25) is 5.13 Å². The van der Waals surface area contributed by atoms with Gasteiger partial charge in [0, 0.05) is 57.3 Å². The smallest absolute Gasteiger partial charge is 0.205 e. The Balaban J connectivity index is 1.57. The first-order chi connectivity index (χ1) is 11.3. The summed E-state index contributed by atoms with van der Waals surface area (Å²) in [6, 6.07) is 11.1. The third-order valence-electron chi connectivity index (χ3n) is 4.19. The van der Waals surface area contributed by atoms with Crippen LogP contribution >= 0.6 is 11.5 Å². The molecule has 0 unspecified atom stereocenters. The molecular weight excluding hydrogens is 308 g/mol. The first kappa shape index (κ1) is 16.4. The van der Waals surface area contributed by atoms with Gasteiger partial charge < -0.3 is 9.64 Å². The van der Waals surface area contributed by atoms with E-state index in [9.17, 15) is 0 Å². The summed E-state index contributed by atoms with van der Waals surface area (Å²) >= 11 is 1.51. The van der Waals surface area contributed by atoms with Crippen LogP contribution in [0.25, 0.3) is 0 Å². The van der Waals surface area contributed by atoms with Crippen LogP contribution in [0, 0.1) is 0 Å². The summed E-state index contributed by atoms with van der Waals surface area (Å²) in [5, 5.41) is 1.04. The van der Waals surface area contributed by atoms with Crippen LogP contribution in [-0.2, 0) is 17.7 Å². The predicted molar refractivity (Wildman–Crippen MR) is 94.0 cm³/mol. The molecule has 3 rings (SSSR count). The monoisotopic (exact) mass is 332 g/mol. The van der Waals surface area contributed by atoms with E-state index in [2.05, 4.69) is 56.4 Å². The van der Waals surface area contributed by atoms with Gasteiger partial charge in [0.1, 0.15) is 5.82 Å². The minimum absolute atomic E-state index is 0.454. The van der Waals surface area contributed by atoms with Crippen LogP contribution in [0.4, 0.5) is 5.13 Å². The zero-order valence-electron chi connectivity index (χ0n) is 13.8. The van der Waals surface area contributed by atoms with Crippen molar-refractivity contribution in [3.63, 3.8) is 0 Å². The van der Waals surface area contributed by atoms with Crippen molar-refractivity contribution in [3.05, 3.63) is 41.7 Å². The van der Waals surface area contributed by atoms with E-state index < -0.39 is 0 Å². The topological polar surface area (TPSA) is 41.5 Å². The summed E-state index contributed by atoms with van der Waals surface area (Å²) in [5.41, 5.74) is 1.38. The second-order valence-electron chi connectivity index (χ2n) is 6.00. The largest absolute Gasteiger partial charge is 0.384 e. The quantitative estimate of drug-likeness (QED) is 0.813. The van der Waals surface area contributed by atoms with E-state index in [-0.39, 0.29) is 0 Å². The molecule has 2 heterocycles. The van der Waals surface area contributed by atoms with Crippen molar-refractivity contribution in [1.82, 2.24) is 14.3 Å². The highest BCUT2D eigenvalue weighted by molar-refractivity contribution is 7.09. The van der Waals surface area contributed by atoms with E-state index in [1.807, 2.05) is 0 Å². The molecule has 0 saturated carbocycles. The maximum absolute atomic E-state index is 5.10. The van der Waals surface area contributed by atoms with Crippen molar-refractivity contribution in [2.45, 2.75) is 25.9 Å². The first-order valence-corrected chi connectivity index (χ1v) is 8.88. The molecule has 2 aromatic rings. The lowest BCUT2D eigenvalue weighted by atomic mass is 10.1. The fourth-order valence-corrected chi connectivity index (χ4v) is 3.80. The fraction of sp³-hybridized carbons (Fsp3) is 0.529. The van der Waals surface area contributed by atoms with Gasteiger partial charge in [0.05, 0.1) is 6.61 Å². The molecule has 0 radical (unpaired) electrons. The maximum Gasteiger partial charge on any atom is 0.205 e. The van der Waals surface area contributed by atoms with Crippen molar-refractivity contribution in [1.29, 1.82) is 0 Å². The van der Waals surface area contributed by atoms with Gasteiger partial charge in [-0.2, -0.15) is 4.37 Å². The van der Waals surface area contributed by atoms with E-state index in [0.29, 0.717) is 12.6 Å². The standard InChI is InChI=1S/C17H24N4OS/c1-14-12-20(13-15-6-4-3-5-7-15)9-10-21(14)17-18-16(19-23-17)8-11-22-2/h3-7,14H,8-13H2,1-2H3/t14-/m1/s1. The van der Waals surface area contributed by atoms with Gasteiger partial charge in [-0.05, 0) is 12.5 Å². The third-order valence-corrected chi connectivity index (χ3v) is 4.98. The van der Waals surface area contributed by atoms with Gasteiger partial charge in [-0.1, -0.05) is 30.3 Å². The lowest BCUT2D eigenvalue weighted by Crippen LogP contribution is -2.51. The Morgan fingerprint density at radius 3 is 2.83 bits per heavy atom. The molecule has 6 heteroatoms. The highest BCUT2D eigenvalue weighted by Crippen LogP contribution is 2.23. The van der Waals surface area contributed by atoms with Crippen LogP contribution in [0.3, 0.4) is 0 Å². The highest BCUT2D eigenvalue weighted by Gasteiger charge is 2.26. The Labute approximate surface area is 142 Å². The van der Waals surface area contributed by atoms with Gasteiger partial charge in [0.25, 0.3) is 0 Å². The van der Waals surface area contributed by atoms with Gasteiger partial charge in [-0.25, -0.2) is 4.98 Å². The minimum Gasteiger partial charge on any atom is -0.384 e. The molecule has 1 fully saturated rings. The van der Waals surface area contributed by atoms with Gasteiger partial charge in [0.15, 0.2) is 0 Å². The molecule has 124 valence electrons. The molecule has 0 amide bonds. The molecule has 1 atom stereocenters. The summed E-state index contributed by atoms with van der Waals surface area (Å²) in [5.74, 6) is 0.894.